The lowest BCUT2D eigenvalue weighted by molar-refractivity contribution is -0.371. The summed E-state index contributed by atoms with van der Waals surface area (Å²) in [5.41, 5.74) is 4.94. The molecule has 12 heteroatoms. The zero-order valence-electron chi connectivity index (χ0n) is 47.6. The van der Waals surface area contributed by atoms with Gasteiger partial charge in [-0.25, -0.2) is 0 Å². The summed E-state index contributed by atoms with van der Waals surface area (Å²) in [5, 5.41) is 15.3. The average molecular weight is 1130 g/mol. The molecule has 1 heterocycles. The molecule has 1 aliphatic carbocycles. The molecule has 1 aliphatic heterocycles. The van der Waals surface area contributed by atoms with Crippen molar-refractivity contribution in [1.82, 2.24) is 0 Å². The van der Waals surface area contributed by atoms with Crippen LogP contribution in [0, 0.1) is 0 Å². The summed E-state index contributed by atoms with van der Waals surface area (Å²) in [7, 11) is 1.63. The molecular weight excluding hydrogens is 1060 g/mol. The van der Waals surface area contributed by atoms with Crippen LogP contribution >= 0.6 is 0 Å². The van der Waals surface area contributed by atoms with E-state index in [0.717, 1.165) is 44.5 Å². The van der Waals surface area contributed by atoms with Gasteiger partial charge in [0.25, 0.3) is 0 Å². The van der Waals surface area contributed by atoms with Gasteiger partial charge in [-0.3, -0.25) is 0 Å². The minimum absolute atomic E-state index is 0.0138. The molecule has 8 aromatic rings. The molecule has 11 atom stereocenters. The quantitative estimate of drug-likeness (QED) is 0.0431. The Labute approximate surface area is 494 Å². The molecule has 8 aromatic carbocycles. The van der Waals surface area contributed by atoms with E-state index in [-0.39, 0.29) is 66.1 Å². The Morgan fingerprint density at radius 3 is 1.06 bits per heavy atom. The number of ether oxygens (including phenoxy) is 11. The lowest BCUT2D eigenvalue weighted by atomic mass is 9.68. The monoisotopic (exact) mass is 1130 g/mol. The van der Waals surface area contributed by atoms with E-state index in [1.54, 1.807) is 13.2 Å². The van der Waals surface area contributed by atoms with Crippen molar-refractivity contribution in [1.29, 1.82) is 0 Å². The number of aliphatic hydroxyl groups is 1. The fourth-order valence-corrected chi connectivity index (χ4v) is 11.1. The van der Waals surface area contributed by atoms with Gasteiger partial charge >= 0.3 is 0 Å². The van der Waals surface area contributed by atoms with Gasteiger partial charge in [0.2, 0.25) is 0 Å². The molecule has 0 spiro atoms. The molecule has 12 nitrogen and oxygen atoms in total. The Hall–Kier alpha value is -7.14. The highest BCUT2D eigenvalue weighted by Crippen LogP contribution is 2.47. The summed E-state index contributed by atoms with van der Waals surface area (Å²) in [4.78, 5) is 0. The molecule has 10 rings (SSSR count). The van der Waals surface area contributed by atoms with Crippen LogP contribution in [0.1, 0.15) is 44.5 Å². The molecular formula is C72H76O12. The van der Waals surface area contributed by atoms with E-state index in [1.165, 1.54) is 0 Å². The first-order chi connectivity index (χ1) is 41.5. The van der Waals surface area contributed by atoms with Gasteiger partial charge in [-0.15, -0.1) is 6.58 Å². The largest absolute Gasteiger partial charge is 0.497 e. The Morgan fingerprint density at radius 2 is 0.679 bits per heavy atom. The molecule has 2 fully saturated rings. The van der Waals surface area contributed by atoms with Crippen LogP contribution in [-0.2, 0) is 100 Å². The first-order valence-electron chi connectivity index (χ1n) is 28.9. The van der Waals surface area contributed by atoms with Crippen molar-refractivity contribution >= 4 is 0 Å². The van der Waals surface area contributed by atoms with Crippen LogP contribution in [0.2, 0.25) is 0 Å². The predicted molar refractivity (Wildman–Crippen MR) is 321 cm³/mol. The molecule has 0 amide bonds. The van der Waals surface area contributed by atoms with Crippen molar-refractivity contribution < 1.29 is 57.2 Å². The SMILES string of the molecule is C=CCO[C@H]1[C@H](OCc2ccccc2)[C@@H](OCc2ccccc2)[C@H](OCc2ccccc2)[C@@](O)([C@H]2O[C@H](COCc3ccccc3)[C@@H](OCc3ccccc3)[C@H](OCc3ccccc3)[C@@H]2OCc2ccccc2)[C@@H]1OCc1ccc(OC)cc1. The van der Waals surface area contributed by atoms with Crippen molar-refractivity contribution in [2.24, 2.45) is 0 Å². The smallest absolute Gasteiger partial charge is 0.151 e. The summed E-state index contributed by atoms with van der Waals surface area (Å²) in [5.74, 6) is 0.683. The van der Waals surface area contributed by atoms with E-state index >= 15 is 5.11 Å². The van der Waals surface area contributed by atoms with E-state index in [2.05, 4.69) is 6.58 Å². The second-order valence-electron chi connectivity index (χ2n) is 21.2. The summed E-state index contributed by atoms with van der Waals surface area (Å²) in [6.45, 7) is 5.29. The summed E-state index contributed by atoms with van der Waals surface area (Å²) in [6, 6.07) is 77.2. The third kappa shape index (κ3) is 16.0. The molecule has 2 aliphatic rings. The number of rotatable bonds is 30. The molecule has 0 radical (unpaired) electrons. The maximum absolute atomic E-state index is 15.3. The fourth-order valence-electron chi connectivity index (χ4n) is 11.1. The van der Waals surface area contributed by atoms with Gasteiger partial charge in [-0.05, 0) is 56.6 Å². The number of methoxy groups -OCH3 is 1. The Bertz CT molecular complexity index is 3110. The lowest BCUT2D eigenvalue weighted by Gasteiger charge is -2.59. The molecule has 0 unspecified atom stereocenters. The molecule has 0 bridgehead atoms. The standard InChI is InChI=1S/C72H76O12/c1-3-43-76-66-65(79-47-56-31-17-7-18-32-56)67(80-48-57-33-19-8-20-34-57)70(82-50-59-37-23-10-24-38-59)72(73,69(66)83-51-60-39-41-61(74-2)42-40-60)71-68(81-49-58-35-21-9-22-36-58)64(78-46-55-29-15-6-16-30-55)63(77-45-54-27-13-5-14-28-54)62(84-71)52-75-44-53-25-11-4-12-26-53/h3-42,62-71,73H,1,43-52H2,2H3/t62-,63-,64+,65+,66+,67-,68+,69-,70+,71+,72-/m1/s1. The third-order valence-electron chi connectivity index (χ3n) is 15.3. The van der Waals surface area contributed by atoms with E-state index in [9.17, 15) is 0 Å². The van der Waals surface area contributed by atoms with Crippen molar-refractivity contribution in [3.05, 3.63) is 294 Å². The zero-order chi connectivity index (χ0) is 57.6. The normalized spacial score (nSPS) is 24.1. The maximum Gasteiger partial charge on any atom is 0.151 e. The molecule has 1 saturated carbocycles. The van der Waals surface area contributed by atoms with Crippen LogP contribution in [0.5, 0.6) is 5.75 Å². The predicted octanol–water partition coefficient (Wildman–Crippen LogP) is 12.4. The topological polar surface area (TPSA) is 122 Å². The first kappa shape index (κ1) is 60.0. The van der Waals surface area contributed by atoms with Crippen LogP contribution in [0.15, 0.2) is 249 Å². The van der Waals surface area contributed by atoms with Crippen molar-refractivity contribution in [2.75, 3.05) is 20.3 Å². The minimum atomic E-state index is -2.27. The van der Waals surface area contributed by atoms with Gasteiger partial charge in [0.1, 0.15) is 66.8 Å². The van der Waals surface area contributed by atoms with E-state index < -0.39 is 66.6 Å². The van der Waals surface area contributed by atoms with Crippen LogP contribution < -0.4 is 4.74 Å². The van der Waals surface area contributed by atoms with E-state index in [1.807, 2.05) is 237 Å². The van der Waals surface area contributed by atoms with Crippen LogP contribution in [0.25, 0.3) is 0 Å². The Balaban J connectivity index is 1.18. The number of benzene rings is 8. The second-order valence-corrected chi connectivity index (χ2v) is 21.2. The van der Waals surface area contributed by atoms with Crippen molar-refractivity contribution in [3.63, 3.8) is 0 Å². The fraction of sp³-hybridized carbons (Fsp3) is 0.306. The van der Waals surface area contributed by atoms with Crippen LogP contribution in [0.3, 0.4) is 0 Å². The van der Waals surface area contributed by atoms with Crippen LogP contribution in [-0.4, -0.2) is 92.1 Å². The van der Waals surface area contributed by atoms with Gasteiger partial charge in [0, 0.05) is 0 Å². The average Bonchev–Trinajstić information content (AvgIpc) is 0.844. The maximum atomic E-state index is 15.3. The highest BCUT2D eigenvalue weighted by Gasteiger charge is 2.69. The summed E-state index contributed by atoms with van der Waals surface area (Å²) < 4.78 is 78.2. The van der Waals surface area contributed by atoms with Gasteiger partial charge in [0.15, 0.2) is 5.60 Å². The van der Waals surface area contributed by atoms with E-state index in [4.69, 9.17) is 52.1 Å². The molecule has 1 saturated heterocycles. The van der Waals surface area contributed by atoms with Gasteiger partial charge in [0.05, 0.1) is 73.2 Å². The summed E-state index contributed by atoms with van der Waals surface area (Å²) in [6.07, 6.45) is -9.18. The van der Waals surface area contributed by atoms with Crippen molar-refractivity contribution in [3.8, 4) is 5.75 Å². The second kappa shape index (κ2) is 31.1. The molecule has 1 N–H and O–H groups in total. The number of hydrogen-bond acceptors (Lipinski definition) is 12. The number of hydrogen-bond donors (Lipinski definition) is 1. The van der Waals surface area contributed by atoms with Crippen LogP contribution in [0.4, 0.5) is 0 Å². The highest BCUT2D eigenvalue weighted by atomic mass is 16.6. The van der Waals surface area contributed by atoms with Crippen molar-refractivity contribution in [2.45, 2.75) is 119 Å². The Morgan fingerprint density at radius 1 is 0.369 bits per heavy atom. The lowest BCUT2D eigenvalue weighted by Crippen LogP contribution is -2.80. The highest BCUT2D eigenvalue weighted by molar-refractivity contribution is 5.28. The Kier molecular flexibility index (Phi) is 22.2. The van der Waals surface area contributed by atoms with Gasteiger partial charge in [-0.2, -0.15) is 0 Å². The molecule has 436 valence electrons. The van der Waals surface area contributed by atoms with Gasteiger partial charge in [-0.1, -0.05) is 231 Å². The van der Waals surface area contributed by atoms with E-state index in [0.29, 0.717) is 5.75 Å². The first-order valence-corrected chi connectivity index (χ1v) is 28.9. The summed E-state index contributed by atoms with van der Waals surface area (Å²) >= 11 is 0. The molecule has 84 heavy (non-hydrogen) atoms. The minimum Gasteiger partial charge on any atom is -0.497 e. The zero-order valence-corrected chi connectivity index (χ0v) is 47.6. The van der Waals surface area contributed by atoms with Gasteiger partial charge < -0.3 is 57.2 Å². The molecule has 0 aromatic heterocycles. The third-order valence-corrected chi connectivity index (χ3v) is 15.3.